The van der Waals surface area contributed by atoms with E-state index in [0.717, 1.165) is 25.7 Å². The number of amides is 3. The van der Waals surface area contributed by atoms with E-state index in [2.05, 4.69) is 5.32 Å². The lowest BCUT2D eigenvalue weighted by atomic mass is 9.81. The molecule has 0 spiro atoms. The summed E-state index contributed by atoms with van der Waals surface area (Å²) in [5, 5.41) is 2.76. The highest BCUT2D eigenvalue weighted by Gasteiger charge is 2.47. The molecular weight excluding hydrogens is 336 g/mol. The van der Waals surface area contributed by atoms with Gasteiger partial charge >= 0.3 is 0 Å². The fourth-order valence-corrected chi connectivity index (χ4v) is 3.79. The minimum Gasteiger partial charge on any atom is -0.497 e. The molecule has 1 aromatic rings. The van der Waals surface area contributed by atoms with Gasteiger partial charge in [0, 0.05) is 19.0 Å². The summed E-state index contributed by atoms with van der Waals surface area (Å²) in [6.45, 7) is 0.114. The van der Waals surface area contributed by atoms with Crippen LogP contribution in [0.4, 0.5) is 5.69 Å². The van der Waals surface area contributed by atoms with Gasteiger partial charge in [-0.05, 0) is 25.0 Å². The summed E-state index contributed by atoms with van der Waals surface area (Å²) in [6, 6.07) is 5.10. The first-order valence-electron chi connectivity index (χ1n) is 8.92. The quantitative estimate of drug-likeness (QED) is 0.786. The Bertz CT molecular complexity index is 694. The first-order valence-corrected chi connectivity index (χ1v) is 8.92. The van der Waals surface area contributed by atoms with Crippen LogP contribution in [0.5, 0.6) is 11.5 Å². The normalized spacial score (nSPS) is 22.2. The number of carbonyl (C=O) groups excluding carboxylic acids is 3. The Morgan fingerprint density at radius 1 is 1.12 bits per heavy atom. The molecule has 1 heterocycles. The summed E-state index contributed by atoms with van der Waals surface area (Å²) >= 11 is 0. The molecule has 2 fully saturated rings. The molecule has 2 aliphatic rings. The number of imide groups is 1. The zero-order valence-corrected chi connectivity index (χ0v) is 15.1. The molecule has 1 saturated heterocycles. The molecule has 1 aliphatic heterocycles. The molecule has 0 aromatic heterocycles. The van der Waals surface area contributed by atoms with Gasteiger partial charge < -0.3 is 14.8 Å². The van der Waals surface area contributed by atoms with Gasteiger partial charge in [0.1, 0.15) is 11.5 Å². The van der Waals surface area contributed by atoms with E-state index in [9.17, 15) is 14.4 Å². The second-order valence-electron chi connectivity index (χ2n) is 6.69. The molecule has 26 heavy (non-hydrogen) atoms. The maximum Gasteiger partial charge on any atom is 0.233 e. The molecule has 2 atom stereocenters. The average molecular weight is 360 g/mol. The van der Waals surface area contributed by atoms with Gasteiger partial charge in [0.05, 0.1) is 31.7 Å². The fraction of sp³-hybridized carbons (Fsp3) is 0.526. The number of likely N-dealkylation sites (tertiary alicyclic amines) is 1. The number of benzene rings is 1. The summed E-state index contributed by atoms with van der Waals surface area (Å²) in [5.74, 6) is 0.217. The molecular formula is C19H24N2O5. The zero-order valence-electron chi connectivity index (χ0n) is 15.1. The SMILES string of the molecule is COc1ccc(OC)c(NC(=O)CCN2C(=O)[C@H]3CCCC[C@H]3C2=O)c1. The Labute approximate surface area is 152 Å². The van der Waals surface area contributed by atoms with Crippen LogP contribution in [0.15, 0.2) is 18.2 Å². The average Bonchev–Trinajstić information content (AvgIpc) is 2.91. The van der Waals surface area contributed by atoms with Crippen molar-refractivity contribution in [1.29, 1.82) is 0 Å². The van der Waals surface area contributed by atoms with Gasteiger partial charge in [-0.3, -0.25) is 19.3 Å². The summed E-state index contributed by atoms with van der Waals surface area (Å²) in [7, 11) is 3.05. The number of rotatable bonds is 6. The molecule has 0 radical (unpaired) electrons. The molecule has 140 valence electrons. The van der Waals surface area contributed by atoms with Crippen LogP contribution in [0.3, 0.4) is 0 Å². The smallest absolute Gasteiger partial charge is 0.233 e. The first kappa shape index (κ1) is 18.2. The van der Waals surface area contributed by atoms with Gasteiger partial charge in [0.15, 0.2) is 0 Å². The summed E-state index contributed by atoms with van der Waals surface area (Å²) in [5.41, 5.74) is 0.490. The van der Waals surface area contributed by atoms with E-state index in [0.29, 0.717) is 17.2 Å². The van der Waals surface area contributed by atoms with Crippen molar-refractivity contribution in [2.45, 2.75) is 32.1 Å². The highest BCUT2D eigenvalue weighted by molar-refractivity contribution is 6.05. The largest absolute Gasteiger partial charge is 0.497 e. The molecule has 1 N–H and O–H groups in total. The molecule has 7 nitrogen and oxygen atoms in total. The molecule has 3 amide bonds. The fourth-order valence-electron chi connectivity index (χ4n) is 3.79. The Morgan fingerprint density at radius 2 is 1.77 bits per heavy atom. The van der Waals surface area contributed by atoms with E-state index >= 15 is 0 Å². The van der Waals surface area contributed by atoms with Gasteiger partial charge in [-0.2, -0.15) is 0 Å². The van der Waals surface area contributed by atoms with E-state index < -0.39 is 0 Å². The molecule has 0 unspecified atom stereocenters. The minimum atomic E-state index is -0.285. The molecule has 1 aromatic carbocycles. The third-order valence-electron chi connectivity index (χ3n) is 5.18. The van der Waals surface area contributed by atoms with Crippen molar-refractivity contribution in [2.24, 2.45) is 11.8 Å². The van der Waals surface area contributed by atoms with Crippen molar-refractivity contribution >= 4 is 23.4 Å². The number of carbonyl (C=O) groups is 3. The van der Waals surface area contributed by atoms with Gasteiger partial charge in [-0.15, -0.1) is 0 Å². The van der Waals surface area contributed by atoms with E-state index in [1.54, 1.807) is 18.2 Å². The molecule has 1 saturated carbocycles. The lowest BCUT2D eigenvalue weighted by molar-refractivity contribution is -0.140. The second kappa shape index (κ2) is 7.76. The number of hydrogen-bond donors (Lipinski definition) is 1. The van der Waals surface area contributed by atoms with Crippen LogP contribution in [-0.4, -0.2) is 43.4 Å². The van der Waals surface area contributed by atoms with Crippen LogP contribution in [0, 0.1) is 11.8 Å². The van der Waals surface area contributed by atoms with Crippen LogP contribution in [0.2, 0.25) is 0 Å². The van der Waals surface area contributed by atoms with Crippen molar-refractivity contribution in [3.8, 4) is 11.5 Å². The molecule has 0 bridgehead atoms. The van der Waals surface area contributed by atoms with Crippen LogP contribution >= 0.6 is 0 Å². The Hall–Kier alpha value is -2.57. The van der Waals surface area contributed by atoms with Gasteiger partial charge in [0.25, 0.3) is 0 Å². The summed E-state index contributed by atoms with van der Waals surface area (Å²) in [6.07, 6.45) is 3.59. The number of nitrogens with zero attached hydrogens (tertiary/aromatic N) is 1. The lowest BCUT2D eigenvalue weighted by Gasteiger charge is -2.19. The number of fused-ring (bicyclic) bond motifs is 1. The standard InChI is InChI=1S/C19H24N2O5/c1-25-12-7-8-16(26-2)15(11-12)20-17(22)9-10-21-18(23)13-5-3-4-6-14(13)19(21)24/h7-8,11,13-14H,3-6,9-10H2,1-2H3,(H,20,22)/t13-,14+. The van der Waals surface area contributed by atoms with Crippen LogP contribution in [-0.2, 0) is 14.4 Å². The van der Waals surface area contributed by atoms with Gasteiger partial charge in [-0.1, -0.05) is 12.8 Å². The number of ether oxygens (including phenoxy) is 2. The Morgan fingerprint density at radius 3 is 2.35 bits per heavy atom. The predicted octanol–water partition coefficient (Wildman–Crippen LogP) is 2.21. The molecule has 1 aliphatic carbocycles. The van der Waals surface area contributed by atoms with Crippen molar-refractivity contribution in [3.63, 3.8) is 0 Å². The number of hydrogen-bond acceptors (Lipinski definition) is 5. The highest BCUT2D eigenvalue weighted by atomic mass is 16.5. The molecule has 3 rings (SSSR count). The van der Waals surface area contributed by atoms with Crippen molar-refractivity contribution in [2.75, 3.05) is 26.1 Å². The topological polar surface area (TPSA) is 84.9 Å². The van der Waals surface area contributed by atoms with Crippen molar-refractivity contribution in [1.82, 2.24) is 4.90 Å². The van der Waals surface area contributed by atoms with Crippen LogP contribution in [0.1, 0.15) is 32.1 Å². The van der Waals surface area contributed by atoms with E-state index in [1.165, 1.54) is 19.1 Å². The van der Waals surface area contributed by atoms with Crippen LogP contribution in [0.25, 0.3) is 0 Å². The van der Waals surface area contributed by atoms with Crippen molar-refractivity contribution in [3.05, 3.63) is 18.2 Å². The van der Waals surface area contributed by atoms with Gasteiger partial charge in [-0.25, -0.2) is 0 Å². The minimum absolute atomic E-state index is 0.0529. The number of anilines is 1. The Balaban J connectivity index is 1.61. The van der Waals surface area contributed by atoms with E-state index in [4.69, 9.17) is 9.47 Å². The van der Waals surface area contributed by atoms with Crippen molar-refractivity contribution < 1.29 is 23.9 Å². The highest BCUT2D eigenvalue weighted by Crippen LogP contribution is 2.38. The third kappa shape index (κ3) is 3.52. The maximum atomic E-state index is 12.4. The summed E-state index contributed by atoms with van der Waals surface area (Å²) in [4.78, 5) is 38.5. The van der Waals surface area contributed by atoms with Crippen LogP contribution < -0.4 is 14.8 Å². The predicted molar refractivity (Wildman–Crippen MR) is 95.0 cm³/mol. The second-order valence-corrected chi connectivity index (χ2v) is 6.69. The number of methoxy groups -OCH3 is 2. The van der Waals surface area contributed by atoms with Gasteiger partial charge in [0.2, 0.25) is 17.7 Å². The third-order valence-corrected chi connectivity index (χ3v) is 5.18. The number of nitrogens with one attached hydrogen (secondary N) is 1. The summed E-state index contributed by atoms with van der Waals surface area (Å²) < 4.78 is 10.4. The van der Waals surface area contributed by atoms with E-state index in [1.807, 2.05) is 0 Å². The lowest BCUT2D eigenvalue weighted by Crippen LogP contribution is -2.34. The van der Waals surface area contributed by atoms with E-state index in [-0.39, 0.29) is 42.5 Å². The zero-order chi connectivity index (χ0) is 18.7. The maximum absolute atomic E-state index is 12.4. The first-order chi connectivity index (χ1) is 12.5. The monoisotopic (exact) mass is 360 g/mol. The Kier molecular flexibility index (Phi) is 5.44. The molecule has 7 heteroatoms.